The standard InChI is InChI=1S/C16H13FN2O4S/c1-10-9-24-16(19-10)13(6-18)14(20)7-23-15(21)8-22-12-4-2-11(17)3-5-12/h2-5,9,13H,7-8H2,1H3/t13-/m1/s1. The third kappa shape index (κ3) is 4.86. The number of Topliss-reactive ketones (excluding diaryl/α,β-unsaturated/α-hetero) is 1. The number of aryl methyl sites for hydroxylation is 1. The topological polar surface area (TPSA) is 89.3 Å². The first-order valence-electron chi connectivity index (χ1n) is 6.88. The molecule has 1 aromatic heterocycles. The smallest absolute Gasteiger partial charge is 0.344 e. The number of nitrogens with zero attached hydrogens (tertiary/aromatic N) is 2. The Hall–Kier alpha value is -2.79. The monoisotopic (exact) mass is 348 g/mol. The molecule has 1 heterocycles. The lowest BCUT2D eigenvalue weighted by Crippen LogP contribution is -2.22. The van der Waals surface area contributed by atoms with Crippen molar-refractivity contribution in [3.8, 4) is 11.8 Å². The molecule has 0 saturated carbocycles. The van der Waals surface area contributed by atoms with Crippen molar-refractivity contribution >= 4 is 23.1 Å². The van der Waals surface area contributed by atoms with E-state index >= 15 is 0 Å². The lowest BCUT2D eigenvalue weighted by molar-refractivity contribution is -0.150. The third-order valence-corrected chi connectivity index (χ3v) is 3.91. The molecule has 1 atom stereocenters. The number of thiazole rings is 1. The van der Waals surface area contributed by atoms with Crippen molar-refractivity contribution in [1.29, 1.82) is 5.26 Å². The fourth-order valence-corrected chi connectivity index (χ4v) is 2.58. The molecule has 8 heteroatoms. The van der Waals surface area contributed by atoms with Crippen molar-refractivity contribution in [3.63, 3.8) is 0 Å². The van der Waals surface area contributed by atoms with Gasteiger partial charge < -0.3 is 9.47 Å². The van der Waals surface area contributed by atoms with Crippen molar-refractivity contribution < 1.29 is 23.5 Å². The Bertz CT molecular complexity index is 767. The highest BCUT2D eigenvalue weighted by molar-refractivity contribution is 7.09. The van der Waals surface area contributed by atoms with Gasteiger partial charge in [-0.2, -0.15) is 5.26 Å². The highest BCUT2D eigenvalue weighted by atomic mass is 32.1. The number of carbonyl (C=O) groups excluding carboxylic acids is 2. The van der Waals surface area contributed by atoms with Crippen LogP contribution >= 0.6 is 11.3 Å². The summed E-state index contributed by atoms with van der Waals surface area (Å²) in [5.74, 6) is -2.50. The number of hydrogen-bond donors (Lipinski definition) is 0. The van der Waals surface area contributed by atoms with E-state index in [0.29, 0.717) is 16.5 Å². The molecule has 2 rings (SSSR count). The van der Waals surface area contributed by atoms with Crippen molar-refractivity contribution in [3.05, 3.63) is 46.2 Å². The molecule has 0 unspecified atom stereocenters. The summed E-state index contributed by atoms with van der Waals surface area (Å²) >= 11 is 1.20. The number of carbonyl (C=O) groups is 2. The Kier molecular flexibility index (Phi) is 5.98. The van der Waals surface area contributed by atoms with Crippen LogP contribution in [-0.4, -0.2) is 30.0 Å². The van der Waals surface area contributed by atoms with Crippen LogP contribution in [0.2, 0.25) is 0 Å². The third-order valence-electron chi connectivity index (χ3n) is 2.88. The summed E-state index contributed by atoms with van der Waals surface area (Å²) in [4.78, 5) is 27.6. The molecular formula is C16H13FN2O4S. The van der Waals surface area contributed by atoms with Gasteiger partial charge in [-0.15, -0.1) is 11.3 Å². The first-order valence-corrected chi connectivity index (χ1v) is 7.76. The van der Waals surface area contributed by atoms with E-state index in [1.807, 2.05) is 6.07 Å². The van der Waals surface area contributed by atoms with Crippen LogP contribution in [-0.2, 0) is 14.3 Å². The van der Waals surface area contributed by atoms with Gasteiger partial charge in [-0.3, -0.25) is 4.79 Å². The summed E-state index contributed by atoms with van der Waals surface area (Å²) in [6.07, 6.45) is 0. The van der Waals surface area contributed by atoms with Crippen LogP contribution in [0, 0.1) is 24.1 Å². The summed E-state index contributed by atoms with van der Waals surface area (Å²) in [6, 6.07) is 6.97. The van der Waals surface area contributed by atoms with E-state index in [0.717, 1.165) is 0 Å². The maximum Gasteiger partial charge on any atom is 0.344 e. The number of esters is 1. The van der Waals surface area contributed by atoms with Crippen LogP contribution in [0.15, 0.2) is 29.6 Å². The Morgan fingerprint density at radius 1 is 1.33 bits per heavy atom. The van der Waals surface area contributed by atoms with Crippen LogP contribution < -0.4 is 4.74 Å². The first-order chi connectivity index (χ1) is 11.5. The van der Waals surface area contributed by atoms with E-state index in [-0.39, 0.29) is 0 Å². The van der Waals surface area contributed by atoms with Gasteiger partial charge in [0, 0.05) is 11.1 Å². The second-order valence-electron chi connectivity index (χ2n) is 4.76. The van der Waals surface area contributed by atoms with Crippen LogP contribution in [0.3, 0.4) is 0 Å². The molecule has 0 spiro atoms. The molecule has 6 nitrogen and oxygen atoms in total. The predicted molar refractivity (Wildman–Crippen MR) is 83.1 cm³/mol. The van der Waals surface area contributed by atoms with E-state index in [9.17, 15) is 14.0 Å². The molecule has 0 N–H and O–H groups in total. The summed E-state index contributed by atoms with van der Waals surface area (Å²) in [5.41, 5.74) is 0.716. The second kappa shape index (κ2) is 8.17. The quantitative estimate of drug-likeness (QED) is 0.714. The second-order valence-corrected chi connectivity index (χ2v) is 5.65. The van der Waals surface area contributed by atoms with Crippen LogP contribution in [0.1, 0.15) is 16.6 Å². The fraction of sp³-hybridized carbons (Fsp3) is 0.250. The summed E-state index contributed by atoms with van der Waals surface area (Å²) < 4.78 is 22.6. The van der Waals surface area contributed by atoms with Gasteiger partial charge in [0.15, 0.2) is 24.9 Å². The predicted octanol–water partition coefficient (Wildman–Crippen LogP) is 2.39. The van der Waals surface area contributed by atoms with E-state index in [4.69, 9.17) is 14.7 Å². The largest absolute Gasteiger partial charge is 0.482 e. The van der Waals surface area contributed by atoms with Crippen molar-refractivity contribution in [1.82, 2.24) is 4.98 Å². The Morgan fingerprint density at radius 3 is 2.62 bits per heavy atom. The molecule has 2 aromatic rings. The van der Waals surface area contributed by atoms with Gasteiger partial charge in [-0.05, 0) is 31.2 Å². The van der Waals surface area contributed by atoms with Gasteiger partial charge in [0.1, 0.15) is 16.6 Å². The molecule has 124 valence electrons. The minimum absolute atomic E-state index is 0.299. The van der Waals surface area contributed by atoms with Gasteiger partial charge in [-0.1, -0.05) is 0 Å². The normalized spacial score (nSPS) is 11.4. The molecule has 0 radical (unpaired) electrons. The summed E-state index contributed by atoms with van der Waals surface area (Å²) in [6.45, 7) is 0.792. The fourth-order valence-electron chi connectivity index (χ4n) is 1.72. The zero-order valence-corrected chi connectivity index (χ0v) is 13.5. The van der Waals surface area contributed by atoms with Gasteiger partial charge in [0.05, 0.1) is 6.07 Å². The molecule has 0 aliphatic carbocycles. The van der Waals surface area contributed by atoms with E-state index in [1.54, 1.807) is 12.3 Å². The number of hydrogen-bond acceptors (Lipinski definition) is 7. The Morgan fingerprint density at radius 2 is 2.04 bits per heavy atom. The number of ether oxygens (including phenoxy) is 2. The van der Waals surface area contributed by atoms with E-state index in [1.165, 1.54) is 35.6 Å². The van der Waals surface area contributed by atoms with Gasteiger partial charge in [0.25, 0.3) is 0 Å². The molecule has 24 heavy (non-hydrogen) atoms. The minimum atomic E-state index is -1.06. The zero-order chi connectivity index (χ0) is 17.5. The number of halogens is 1. The maximum atomic E-state index is 12.7. The lowest BCUT2D eigenvalue weighted by atomic mass is 10.1. The number of aromatic nitrogens is 1. The molecule has 0 aliphatic heterocycles. The van der Waals surface area contributed by atoms with Crippen LogP contribution in [0.25, 0.3) is 0 Å². The van der Waals surface area contributed by atoms with Gasteiger partial charge in [0.2, 0.25) is 0 Å². The van der Waals surface area contributed by atoms with Crippen molar-refractivity contribution in [2.24, 2.45) is 0 Å². The molecule has 0 amide bonds. The zero-order valence-electron chi connectivity index (χ0n) is 12.7. The SMILES string of the molecule is Cc1csc([C@H](C#N)C(=O)COC(=O)COc2ccc(F)cc2)n1. The molecule has 0 aliphatic rings. The van der Waals surface area contributed by atoms with Crippen LogP contribution in [0.4, 0.5) is 4.39 Å². The van der Waals surface area contributed by atoms with Crippen molar-refractivity contribution in [2.45, 2.75) is 12.8 Å². The van der Waals surface area contributed by atoms with Crippen molar-refractivity contribution in [2.75, 3.05) is 13.2 Å². The minimum Gasteiger partial charge on any atom is -0.482 e. The highest BCUT2D eigenvalue weighted by Crippen LogP contribution is 2.20. The molecule has 0 fully saturated rings. The van der Waals surface area contributed by atoms with Gasteiger partial charge >= 0.3 is 5.97 Å². The number of benzene rings is 1. The Labute approximate surface area is 141 Å². The average Bonchev–Trinajstić information content (AvgIpc) is 2.99. The first kappa shape index (κ1) is 17.6. The van der Waals surface area contributed by atoms with E-state index < -0.39 is 36.7 Å². The number of ketones is 1. The van der Waals surface area contributed by atoms with Crippen LogP contribution in [0.5, 0.6) is 5.75 Å². The molecular weight excluding hydrogens is 335 g/mol. The molecule has 0 bridgehead atoms. The number of nitriles is 1. The molecule has 0 saturated heterocycles. The number of rotatable bonds is 7. The summed E-state index contributed by atoms with van der Waals surface area (Å²) in [5, 5.41) is 11.2. The Balaban J connectivity index is 1.81. The van der Waals surface area contributed by atoms with E-state index in [2.05, 4.69) is 4.98 Å². The summed E-state index contributed by atoms with van der Waals surface area (Å²) in [7, 11) is 0. The highest BCUT2D eigenvalue weighted by Gasteiger charge is 2.24. The average molecular weight is 348 g/mol. The lowest BCUT2D eigenvalue weighted by Gasteiger charge is -2.08. The van der Waals surface area contributed by atoms with Gasteiger partial charge in [-0.25, -0.2) is 14.2 Å². The molecule has 1 aromatic carbocycles. The maximum absolute atomic E-state index is 12.7.